The van der Waals surface area contributed by atoms with Gasteiger partial charge < -0.3 is 10.4 Å². The second-order valence-electron chi connectivity index (χ2n) is 6.23. The monoisotopic (exact) mass is 339 g/mol. The highest BCUT2D eigenvalue weighted by Crippen LogP contribution is 2.19. The molecule has 3 atom stereocenters. The minimum Gasteiger partial charge on any atom is -0.391 e. The van der Waals surface area contributed by atoms with Crippen LogP contribution in [0, 0.1) is 5.92 Å². The summed E-state index contributed by atoms with van der Waals surface area (Å²) in [5, 5.41) is 13.1. The van der Waals surface area contributed by atoms with Gasteiger partial charge in [-0.3, -0.25) is 4.79 Å². The van der Waals surface area contributed by atoms with Crippen molar-refractivity contribution in [1.29, 1.82) is 0 Å². The van der Waals surface area contributed by atoms with Crippen LogP contribution >= 0.6 is 0 Å². The van der Waals surface area contributed by atoms with Gasteiger partial charge in [-0.1, -0.05) is 37.3 Å². The Morgan fingerprint density at radius 2 is 2.04 bits per heavy atom. The third-order valence-electron chi connectivity index (χ3n) is 4.34. The molecule has 2 N–H and O–H groups in total. The van der Waals surface area contributed by atoms with Crippen LogP contribution in [0.25, 0.3) is 0 Å². The molecule has 23 heavy (non-hydrogen) atoms. The van der Waals surface area contributed by atoms with Crippen LogP contribution in [0.4, 0.5) is 0 Å². The highest BCUT2D eigenvalue weighted by atomic mass is 32.2. The van der Waals surface area contributed by atoms with Crippen LogP contribution in [0.5, 0.6) is 0 Å². The maximum Gasteiger partial charge on any atom is 0.224 e. The van der Waals surface area contributed by atoms with Gasteiger partial charge in [0.1, 0.15) is 0 Å². The van der Waals surface area contributed by atoms with Crippen LogP contribution < -0.4 is 5.32 Å². The van der Waals surface area contributed by atoms with Gasteiger partial charge in [0, 0.05) is 0 Å². The Bertz CT molecular complexity index is 615. The van der Waals surface area contributed by atoms with E-state index >= 15 is 0 Å². The molecule has 1 aromatic carbocycles. The summed E-state index contributed by atoms with van der Waals surface area (Å²) in [5.74, 6) is -0.682. The zero-order valence-corrected chi connectivity index (χ0v) is 14.3. The first-order chi connectivity index (χ1) is 10.9. The quantitative estimate of drug-likeness (QED) is 0.818. The van der Waals surface area contributed by atoms with Gasteiger partial charge in [-0.2, -0.15) is 0 Å². The fourth-order valence-electron chi connectivity index (χ4n) is 2.97. The number of rotatable bonds is 6. The molecule has 1 saturated heterocycles. The number of carbonyl (C=O) groups is 1. The van der Waals surface area contributed by atoms with Crippen molar-refractivity contribution in [2.45, 2.75) is 44.8 Å². The molecule has 0 aliphatic carbocycles. The Morgan fingerprint density at radius 1 is 1.35 bits per heavy atom. The van der Waals surface area contributed by atoms with E-state index in [-0.39, 0.29) is 17.4 Å². The zero-order valence-electron chi connectivity index (χ0n) is 13.4. The van der Waals surface area contributed by atoms with E-state index < -0.39 is 27.9 Å². The molecular formula is C17H25NO4S. The molecule has 1 aliphatic rings. The van der Waals surface area contributed by atoms with Gasteiger partial charge in [0.2, 0.25) is 5.91 Å². The fourth-order valence-corrected chi connectivity index (χ4v) is 4.67. The number of aliphatic hydroxyl groups is 1. The van der Waals surface area contributed by atoms with Gasteiger partial charge in [0.05, 0.1) is 29.6 Å². The molecule has 1 heterocycles. The van der Waals surface area contributed by atoms with Crippen molar-refractivity contribution < 1.29 is 18.3 Å². The van der Waals surface area contributed by atoms with Crippen molar-refractivity contribution in [3.05, 3.63) is 35.9 Å². The predicted octanol–water partition coefficient (Wildman–Crippen LogP) is 1.31. The van der Waals surface area contributed by atoms with E-state index in [9.17, 15) is 18.3 Å². The molecule has 0 saturated carbocycles. The van der Waals surface area contributed by atoms with E-state index in [1.807, 2.05) is 37.3 Å². The number of hydrogen-bond donors (Lipinski definition) is 2. The lowest BCUT2D eigenvalue weighted by Crippen LogP contribution is -2.48. The van der Waals surface area contributed by atoms with Crippen LogP contribution in [0.15, 0.2) is 30.3 Å². The molecule has 0 spiro atoms. The first-order valence-electron chi connectivity index (χ1n) is 8.14. The molecule has 128 valence electrons. The Kier molecular flexibility index (Phi) is 6.18. The average Bonchev–Trinajstić information content (AvgIpc) is 2.53. The number of aliphatic hydroxyl groups excluding tert-OH is 1. The molecule has 1 amide bonds. The molecule has 1 fully saturated rings. The molecule has 0 radical (unpaired) electrons. The second-order valence-corrected chi connectivity index (χ2v) is 8.46. The van der Waals surface area contributed by atoms with Crippen molar-refractivity contribution >= 4 is 15.7 Å². The summed E-state index contributed by atoms with van der Waals surface area (Å²) < 4.78 is 23.4. The Balaban J connectivity index is 2.03. The van der Waals surface area contributed by atoms with Crippen LogP contribution in [0.3, 0.4) is 0 Å². The lowest BCUT2D eigenvalue weighted by molar-refractivity contribution is -0.126. The first kappa shape index (κ1) is 17.9. The summed E-state index contributed by atoms with van der Waals surface area (Å²) in [7, 11) is -3.12. The summed E-state index contributed by atoms with van der Waals surface area (Å²) >= 11 is 0. The molecule has 3 unspecified atom stereocenters. The summed E-state index contributed by atoms with van der Waals surface area (Å²) in [6.07, 6.45) is 1.52. The van der Waals surface area contributed by atoms with Crippen molar-refractivity contribution in [3.63, 3.8) is 0 Å². The van der Waals surface area contributed by atoms with Gasteiger partial charge in [-0.15, -0.1) is 0 Å². The van der Waals surface area contributed by atoms with Crippen molar-refractivity contribution in [1.82, 2.24) is 5.32 Å². The van der Waals surface area contributed by atoms with Crippen LogP contribution in [-0.4, -0.2) is 43.1 Å². The largest absolute Gasteiger partial charge is 0.391 e. The maximum absolute atomic E-state index is 12.4. The third kappa shape index (κ3) is 5.32. The van der Waals surface area contributed by atoms with E-state index in [0.717, 1.165) is 5.56 Å². The number of nitrogens with one attached hydrogen (secondary N) is 1. The predicted molar refractivity (Wildman–Crippen MR) is 89.8 cm³/mol. The van der Waals surface area contributed by atoms with Crippen LogP contribution in [-0.2, 0) is 21.1 Å². The second kappa shape index (κ2) is 7.93. The van der Waals surface area contributed by atoms with Gasteiger partial charge in [0.15, 0.2) is 9.84 Å². The average molecular weight is 339 g/mol. The summed E-state index contributed by atoms with van der Waals surface area (Å²) in [6, 6.07) is 9.25. The highest BCUT2D eigenvalue weighted by Gasteiger charge is 2.31. The molecule has 0 aromatic heterocycles. The molecule has 5 nitrogen and oxygen atoms in total. The minimum absolute atomic E-state index is 0.0842. The normalized spacial score (nSPS) is 23.0. The van der Waals surface area contributed by atoms with Crippen molar-refractivity contribution in [2.24, 2.45) is 5.92 Å². The van der Waals surface area contributed by atoms with E-state index in [1.54, 1.807) is 0 Å². The van der Waals surface area contributed by atoms with Crippen molar-refractivity contribution in [3.8, 4) is 0 Å². The summed E-state index contributed by atoms with van der Waals surface area (Å²) in [6.45, 7) is 1.86. The summed E-state index contributed by atoms with van der Waals surface area (Å²) in [5.41, 5.74) is 1.03. The fraction of sp³-hybridized carbons (Fsp3) is 0.588. The zero-order chi connectivity index (χ0) is 16.9. The lowest BCUT2D eigenvalue weighted by atomic mass is 9.97. The minimum atomic E-state index is -3.12. The third-order valence-corrected chi connectivity index (χ3v) is 6.16. The van der Waals surface area contributed by atoms with Crippen LogP contribution in [0.2, 0.25) is 0 Å². The molecule has 2 rings (SSSR count). The molecule has 1 aromatic rings. The number of carbonyl (C=O) groups excluding carboxylic acids is 1. The van der Waals surface area contributed by atoms with Gasteiger partial charge in [-0.05, 0) is 31.2 Å². The Labute approximate surface area is 138 Å². The van der Waals surface area contributed by atoms with Gasteiger partial charge in [-0.25, -0.2) is 8.42 Å². The first-order valence-corrected chi connectivity index (χ1v) is 9.96. The number of benzene rings is 1. The van der Waals surface area contributed by atoms with Crippen molar-refractivity contribution in [2.75, 3.05) is 11.5 Å². The highest BCUT2D eigenvalue weighted by molar-refractivity contribution is 7.91. The number of sulfone groups is 1. The molecule has 0 bridgehead atoms. The van der Waals surface area contributed by atoms with E-state index in [4.69, 9.17) is 0 Å². The number of hydrogen-bond acceptors (Lipinski definition) is 4. The smallest absolute Gasteiger partial charge is 0.224 e. The lowest BCUT2D eigenvalue weighted by Gasteiger charge is -2.27. The van der Waals surface area contributed by atoms with E-state index in [2.05, 4.69) is 5.32 Å². The molecular weight excluding hydrogens is 314 g/mol. The van der Waals surface area contributed by atoms with Crippen LogP contribution in [0.1, 0.15) is 31.7 Å². The Hall–Kier alpha value is -1.40. The molecule has 6 heteroatoms. The van der Waals surface area contributed by atoms with Gasteiger partial charge >= 0.3 is 0 Å². The number of amides is 1. The Morgan fingerprint density at radius 3 is 2.65 bits per heavy atom. The van der Waals surface area contributed by atoms with Gasteiger partial charge in [0.25, 0.3) is 0 Å². The SMILES string of the molecule is CCC(O)C(Cc1ccccc1)NC(=O)C1CCCS(=O)(=O)C1. The molecule has 1 aliphatic heterocycles. The van der Waals surface area contributed by atoms with E-state index in [1.165, 1.54) is 0 Å². The standard InChI is InChI=1S/C17H25NO4S/c1-2-16(19)15(11-13-7-4-3-5-8-13)18-17(20)14-9-6-10-23(21,22)12-14/h3-5,7-8,14-16,19H,2,6,9-12H2,1H3,(H,18,20). The maximum atomic E-state index is 12.4. The van der Waals surface area contributed by atoms with E-state index in [0.29, 0.717) is 25.7 Å². The summed E-state index contributed by atoms with van der Waals surface area (Å²) in [4.78, 5) is 12.4. The topological polar surface area (TPSA) is 83.5 Å².